The van der Waals surface area contributed by atoms with Gasteiger partial charge in [-0.05, 0) is 31.9 Å². The molecule has 1 atom stereocenters. The molecule has 2 heterocycles. The second kappa shape index (κ2) is 6.63. The number of hydrogen-bond acceptors (Lipinski definition) is 7. The number of ether oxygens (including phenoxy) is 1. The lowest BCUT2D eigenvalue weighted by atomic mass is 10.1. The molecule has 1 unspecified atom stereocenters. The Morgan fingerprint density at radius 2 is 1.96 bits per heavy atom. The number of oxime groups is 2. The lowest BCUT2D eigenvalue weighted by Crippen LogP contribution is -2.28. The number of nitrogens with zero attached hydrogens (tertiary/aromatic N) is 3. The first-order chi connectivity index (χ1) is 11.5. The number of esters is 1. The fourth-order valence-corrected chi connectivity index (χ4v) is 4.69. The summed E-state index contributed by atoms with van der Waals surface area (Å²) in [6, 6.07) is 6.94. The third-order valence-corrected chi connectivity index (χ3v) is 6.50. The van der Waals surface area contributed by atoms with Gasteiger partial charge in [-0.2, -0.15) is 4.67 Å². The van der Waals surface area contributed by atoms with E-state index < -0.39 is 12.7 Å². The second-order valence-electron chi connectivity index (χ2n) is 5.44. The summed E-state index contributed by atoms with van der Waals surface area (Å²) in [5.74, 6) is -0.385. The molecule has 2 aliphatic heterocycles. The van der Waals surface area contributed by atoms with Crippen LogP contribution in [-0.4, -0.2) is 28.7 Å². The highest BCUT2D eigenvalue weighted by atomic mass is 32.5. The number of carbonyl (C=O) groups excluding carboxylic acids is 1. The van der Waals surface area contributed by atoms with E-state index in [2.05, 4.69) is 10.3 Å². The summed E-state index contributed by atoms with van der Waals surface area (Å²) < 4.78 is 18.0. The minimum absolute atomic E-state index is 0.282. The third-order valence-electron chi connectivity index (χ3n) is 3.89. The van der Waals surface area contributed by atoms with E-state index >= 15 is 0 Å². The van der Waals surface area contributed by atoms with Crippen molar-refractivity contribution in [3.05, 3.63) is 35.4 Å². The molecular weight excluding hydrogens is 349 g/mol. The van der Waals surface area contributed by atoms with Gasteiger partial charge in [0.25, 0.3) is 0 Å². The molecule has 0 aromatic heterocycles. The fourth-order valence-electron chi connectivity index (χ4n) is 2.54. The van der Waals surface area contributed by atoms with E-state index in [1.165, 1.54) is 0 Å². The Morgan fingerprint density at radius 3 is 2.58 bits per heavy atom. The van der Waals surface area contributed by atoms with Crippen molar-refractivity contribution in [3.8, 4) is 0 Å². The number of benzene rings is 1. The smallest absolute Gasteiger partial charge is 0.411 e. The van der Waals surface area contributed by atoms with Crippen LogP contribution >= 0.6 is 6.64 Å². The van der Waals surface area contributed by atoms with Gasteiger partial charge in [0.2, 0.25) is 0 Å². The zero-order valence-electron chi connectivity index (χ0n) is 13.6. The summed E-state index contributed by atoms with van der Waals surface area (Å²) in [4.78, 5) is 12.5. The van der Waals surface area contributed by atoms with Crippen molar-refractivity contribution in [3.63, 3.8) is 0 Å². The predicted octanol–water partition coefficient (Wildman–Crippen LogP) is 3.13. The van der Waals surface area contributed by atoms with E-state index in [9.17, 15) is 4.79 Å². The molecule has 1 aromatic rings. The number of hydrogen-bond donors (Lipinski definition) is 0. The normalized spacial score (nSPS) is 22.4. The Bertz CT molecular complexity index is 756. The monoisotopic (exact) mass is 367 g/mol. The Kier molecular flexibility index (Phi) is 4.71. The molecule has 0 spiro atoms. The molecule has 0 aliphatic carbocycles. The molecule has 9 heteroatoms. The largest absolute Gasteiger partial charge is 0.465 e. The van der Waals surface area contributed by atoms with Crippen LogP contribution in [0.15, 0.2) is 34.6 Å². The van der Waals surface area contributed by atoms with Crippen LogP contribution in [0.25, 0.3) is 0 Å². The van der Waals surface area contributed by atoms with Gasteiger partial charge < -0.3 is 14.0 Å². The maximum atomic E-state index is 12.5. The highest BCUT2D eigenvalue weighted by molar-refractivity contribution is 8.08. The number of carbonyl (C=O) groups is 1. The molecule has 0 saturated heterocycles. The zero-order chi connectivity index (χ0) is 17.3. The van der Waals surface area contributed by atoms with Crippen molar-refractivity contribution in [2.75, 3.05) is 6.61 Å². The zero-order valence-corrected chi connectivity index (χ0v) is 15.3. The second-order valence-corrected chi connectivity index (χ2v) is 8.60. The van der Waals surface area contributed by atoms with Crippen molar-refractivity contribution in [1.29, 1.82) is 0 Å². The summed E-state index contributed by atoms with van der Waals surface area (Å²) in [6.45, 7) is 2.88. The molecule has 1 aromatic carbocycles. The highest BCUT2D eigenvalue weighted by Gasteiger charge is 2.48. The van der Waals surface area contributed by atoms with Crippen LogP contribution in [0.5, 0.6) is 0 Å². The van der Waals surface area contributed by atoms with Gasteiger partial charge in [-0.15, -0.1) is 0 Å². The Labute approximate surface area is 145 Å². The van der Waals surface area contributed by atoms with E-state index in [-0.39, 0.29) is 12.6 Å². The SMILES string of the molecule is CCOC(=O)C1c2ccccc2CN1P1(=S)ON=C(C)C(C)=NO1. The van der Waals surface area contributed by atoms with Crippen LogP contribution in [0.1, 0.15) is 37.9 Å². The van der Waals surface area contributed by atoms with Crippen LogP contribution in [0.3, 0.4) is 0 Å². The van der Waals surface area contributed by atoms with Gasteiger partial charge in [0.05, 0.1) is 6.61 Å². The summed E-state index contributed by atoms with van der Waals surface area (Å²) in [7, 11) is 0. The van der Waals surface area contributed by atoms with E-state index in [0.717, 1.165) is 11.1 Å². The molecule has 0 fully saturated rings. The van der Waals surface area contributed by atoms with Crippen LogP contribution in [0.2, 0.25) is 0 Å². The standard InChI is InChI=1S/C15H18N3O4PS/c1-4-20-15(19)14-13-8-6-5-7-12(13)9-18(14)23(24)21-16-10(2)11(3)17-22-23/h5-8,14H,4,9H2,1-3H3. The van der Waals surface area contributed by atoms with Gasteiger partial charge in [0.1, 0.15) is 17.5 Å². The predicted molar refractivity (Wildman–Crippen MR) is 94.0 cm³/mol. The van der Waals surface area contributed by atoms with Gasteiger partial charge in [-0.1, -0.05) is 34.6 Å². The average Bonchev–Trinajstić information content (AvgIpc) is 2.92. The quantitative estimate of drug-likeness (QED) is 0.604. The first-order valence-corrected chi connectivity index (χ1v) is 10.1. The van der Waals surface area contributed by atoms with Gasteiger partial charge in [-0.25, -0.2) is 4.79 Å². The Hall–Kier alpha value is -1.76. The van der Waals surface area contributed by atoms with Gasteiger partial charge in [-0.3, -0.25) is 0 Å². The maximum absolute atomic E-state index is 12.5. The molecule has 2 aliphatic rings. The summed E-state index contributed by atoms with van der Waals surface area (Å²) in [5, 5.41) is 8.03. The summed E-state index contributed by atoms with van der Waals surface area (Å²) >= 11 is 5.60. The molecule has 0 radical (unpaired) electrons. The summed E-state index contributed by atoms with van der Waals surface area (Å²) in [5.41, 5.74) is 3.01. The van der Waals surface area contributed by atoms with Gasteiger partial charge >= 0.3 is 12.6 Å². The minimum atomic E-state index is -3.10. The third kappa shape index (κ3) is 2.97. The first kappa shape index (κ1) is 17.1. The number of fused-ring (bicyclic) bond motifs is 1. The summed E-state index contributed by atoms with van der Waals surface area (Å²) in [6.07, 6.45) is 0. The lowest BCUT2D eigenvalue weighted by molar-refractivity contribution is -0.148. The molecule has 0 saturated carbocycles. The molecule has 0 amide bonds. The van der Waals surface area contributed by atoms with E-state index in [0.29, 0.717) is 18.0 Å². The molecule has 3 rings (SSSR count). The number of rotatable bonds is 3. The van der Waals surface area contributed by atoms with Crippen LogP contribution in [0.4, 0.5) is 0 Å². The van der Waals surface area contributed by atoms with E-state index in [4.69, 9.17) is 25.8 Å². The lowest BCUT2D eigenvalue weighted by Gasteiger charge is -2.29. The van der Waals surface area contributed by atoms with Crippen molar-refractivity contribution >= 4 is 35.8 Å². The molecule has 128 valence electrons. The minimum Gasteiger partial charge on any atom is -0.465 e. The molecule has 7 nitrogen and oxygen atoms in total. The van der Waals surface area contributed by atoms with Crippen molar-refractivity contribution in [2.24, 2.45) is 10.3 Å². The molecular formula is C15H18N3O4PS. The fraction of sp³-hybridized carbons (Fsp3) is 0.400. The highest BCUT2D eigenvalue weighted by Crippen LogP contribution is 2.60. The first-order valence-electron chi connectivity index (χ1n) is 7.55. The van der Waals surface area contributed by atoms with Crippen molar-refractivity contribution in [2.45, 2.75) is 33.4 Å². The van der Waals surface area contributed by atoms with Crippen LogP contribution in [0, 0.1) is 0 Å². The topological polar surface area (TPSA) is 72.7 Å². The van der Waals surface area contributed by atoms with E-state index in [1.54, 1.807) is 25.4 Å². The van der Waals surface area contributed by atoms with Gasteiger partial charge in [0, 0.05) is 18.4 Å². The van der Waals surface area contributed by atoms with Crippen LogP contribution < -0.4 is 0 Å². The molecule has 0 bridgehead atoms. The maximum Gasteiger partial charge on any atom is 0.411 e. The molecule has 24 heavy (non-hydrogen) atoms. The van der Waals surface area contributed by atoms with Crippen molar-refractivity contribution < 1.29 is 18.8 Å². The molecule has 0 N–H and O–H groups in total. The van der Waals surface area contributed by atoms with Gasteiger partial charge in [0.15, 0.2) is 0 Å². The Morgan fingerprint density at radius 1 is 1.33 bits per heavy atom. The van der Waals surface area contributed by atoms with Crippen molar-refractivity contribution in [1.82, 2.24) is 4.67 Å². The average molecular weight is 367 g/mol. The van der Waals surface area contributed by atoms with Crippen LogP contribution in [-0.2, 0) is 37.1 Å². The Balaban J connectivity index is 2.00. The van der Waals surface area contributed by atoms with E-state index in [1.807, 2.05) is 24.3 Å².